The fourth-order valence-corrected chi connectivity index (χ4v) is 6.32. The molecule has 10 heteroatoms. The minimum absolute atomic E-state index is 0.0312. The predicted molar refractivity (Wildman–Crippen MR) is 157 cm³/mol. The molecule has 0 saturated carbocycles. The zero-order valence-electron chi connectivity index (χ0n) is 23.8. The van der Waals surface area contributed by atoms with Gasteiger partial charge in [0.1, 0.15) is 11.6 Å². The summed E-state index contributed by atoms with van der Waals surface area (Å²) in [7, 11) is 0. The molecule has 0 bridgehead atoms. The van der Waals surface area contributed by atoms with E-state index in [0.717, 1.165) is 16.8 Å². The Balaban J connectivity index is 1.51. The summed E-state index contributed by atoms with van der Waals surface area (Å²) < 4.78 is 31.8. The van der Waals surface area contributed by atoms with Gasteiger partial charge in [-0.15, -0.1) is 0 Å². The molecule has 0 radical (unpaired) electrons. The van der Waals surface area contributed by atoms with E-state index >= 15 is 4.39 Å². The van der Waals surface area contributed by atoms with Crippen LogP contribution in [0.2, 0.25) is 5.02 Å². The number of rotatable bonds is 10. The number of anilines is 1. The maximum atomic E-state index is 15.4. The SMILES string of the molecule is CCOc1ccc([C@H]2C(C(=O)O)[C@@H](c3cc4c(cc3F)OCO4)CN2CC(=O)Nc2c(CC)cc(Cl)cc2CC)cc1. The van der Waals surface area contributed by atoms with E-state index in [1.807, 2.05) is 37.8 Å². The third kappa shape index (κ3) is 5.89. The molecule has 2 aliphatic heterocycles. The Bertz CT molecular complexity index is 1460. The highest BCUT2D eigenvalue weighted by Crippen LogP contribution is 2.48. The van der Waals surface area contributed by atoms with Gasteiger partial charge in [0, 0.05) is 35.3 Å². The molecule has 2 aliphatic rings. The van der Waals surface area contributed by atoms with Crippen LogP contribution in [0.4, 0.5) is 10.1 Å². The zero-order chi connectivity index (χ0) is 30.0. The van der Waals surface area contributed by atoms with Crippen molar-refractivity contribution in [3.8, 4) is 17.2 Å². The summed E-state index contributed by atoms with van der Waals surface area (Å²) in [5, 5.41) is 14.2. The van der Waals surface area contributed by atoms with E-state index in [9.17, 15) is 14.7 Å². The molecule has 1 amide bonds. The summed E-state index contributed by atoms with van der Waals surface area (Å²) in [4.78, 5) is 28.3. The van der Waals surface area contributed by atoms with Crippen molar-refractivity contribution in [1.29, 1.82) is 0 Å². The molecular formula is C32H34ClFN2O6. The highest BCUT2D eigenvalue weighted by Gasteiger charge is 2.49. The molecule has 0 aliphatic carbocycles. The minimum atomic E-state index is -1.09. The highest BCUT2D eigenvalue weighted by atomic mass is 35.5. The molecule has 8 nitrogen and oxygen atoms in total. The van der Waals surface area contributed by atoms with Gasteiger partial charge < -0.3 is 24.6 Å². The van der Waals surface area contributed by atoms with E-state index in [2.05, 4.69) is 5.32 Å². The number of aryl methyl sites for hydroxylation is 2. The number of aliphatic carboxylic acids is 1. The second-order valence-electron chi connectivity index (χ2n) is 10.4. The normalized spacial score (nSPS) is 19.6. The van der Waals surface area contributed by atoms with Gasteiger partial charge in [0.25, 0.3) is 0 Å². The van der Waals surface area contributed by atoms with Crippen molar-refractivity contribution in [3.05, 3.63) is 81.6 Å². The van der Waals surface area contributed by atoms with Crippen LogP contribution in [0.5, 0.6) is 17.2 Å². The Morgan fingerprint density at radius 1 is 1.05 bits per heavy atom. The maximum absolute atomic E-state index is 15.4. The lowest BCUT2D eigenvalue weighted by Gasteiger charge is -2.27. The molecule has 3 aromatic carbocycles. The van der Waals surface area contributed by atoms with E-state index in [0.29, 0.717) is 41.5 Å². The van der Waals surface area contributed by atoms with Gasteiger partial charge >= 0.3 is 5.97 Å². The second-order valence-corrected chi connectivity index (χ2v) is 10.9. The molecule has 1 saturated heterocycles. The molecule has 2 N–H and O–H groups in total. The van der Waals surface area contributed by atoms with Crippen LogP contribution in [0.15, 0.2) is 48.5 Å². The highest BCUT2D eigenvalue weighted by molar-refractivity contribution is 6.30. The molecule has 0 spiro atoms. The molecular weight excluding hydrogens is 563 g/mol. The van der Waals surface area contributed by atoms with Gasteiger partial charge in [-0.3, -0.25) is 14.5 Å². The van der Waals surface area contributed by atoms with Gasteiger partial charge in [-0.25, -0.2) is 4.39 Å². The number of amides is 1. The number of halogens is 2. The van der Waals surface area contributed by atoms with Crippen LogP contribution in [-0.2, 0) is 22.4 Å². The summed E-state index contributed by atoms with van der Waals surface area (Å²) in [6.45, 7) is 6.36. The topological polar surface area (TPSA) is 97.3 Å². The Morgan fingerprint density at radius 2 is 1.69 bits per heavy atom. The summed E-state index contributed by atoms with van der Waals surface area (Å²) in [5.74, 6) is -2.46. The monoisotopic (exact) mass is 596 g/mol. The number of carbonyl (C=O) groups excluding carboxylic acids is 1. The molecule has 3 atom stereocenters. The van der Waals surface area contributed by atoms with Gasteiger partial charge in [0.2, 0.25) is 12.7 Å². The molecule has 222 valence electrons. The molecule has 1 unspecified atom stereocenters. The summed E-state index contributed by atoms with van der Waals surface area (Å²) in [6, 6.07) is 12.9. The number of hydrogen-bond acceptors (Lipinski definition) is 6. The van der Waals surface area contributed by atoms with Gasteiger partial charge in [0.05, 0.1) is 19.1 Å². The smallest absolute Gasteiger partial charge is 0.309 e. The van der Waals surface area contributed by atoms with Gasteiger partial charge in [-0.05, 0) is 72.4 Å². The Kier molecular flexibility index (Phi) is 8.89. The molecule has 0 aromatic heterocycles. The number of ether oxygens (including phenoxy) is 3. The van der Waals surface area contributed by atoms with E-state index in [1.54, 1.807) is 24.3 Å². The molecule has 5 rings (SSSR count). The van der Waals surface area contributed by atoms with Crippen molar-refractivity contribution in [1.82, 2.24) is 4.90 Å². The number of nitrogens with one attached hydrogen (secondary N) is 1. The fraction of sp³-hybridized carbons (Fsp3) is 0.375. The lowest BCUT2D eigenvalue weighted by Crippen LogP contribution is -2.35. The average Bonchev–Trinajstić information content (AvgIpc) is 3.57. The lowest BCUT2D eigenvalue weighted by atomic mass is 9.82. The number of carboxylic acids is 1. The van der Waals surface area contributed by atoms with Crippen LogP contribution in [0.1, 0.15) is 55.0 Å². The molecule has 3 aromatic rings. The first-order chi connectivity index (χ1) is 20.2. The fourth-order valence-electron chi connectivity index (χ4n) is 6.06. The lowest BCUT2D eigenvalue weighted by molar-refractivity contribution is -0.143. The average molecular weight is 597 g/mol. The van der Waals surface area contributed by atoms with E-state index in [1.165, 1.54) is 12.1 Å². The standard InChI is InChI=1S/C32H34ClFN2O6/c1-4-18-11-21(33)12-19(5-2)30(18)35-28(37)16-36-15-24(23-13-26-27(14-25(23)34)42-17-41-26)29(32(38)39)31(36)20-7-9-22(10-8-20)40-6-3/h7-14,24,29,31H,4-6,15-17H2,1-3H3,(H,35,37)(H,38,39)/t24-,29?,31+/m1/s1. The zero-order valence-corrected chi connectivity index (χ0v) is 24.5. The van der Waals surface area contributed by atoms with E-state index < -0.39 is 29.7 Å². The summed E-state index contributed by atoms with van der Waals surface area (Å²) >= 11 is 6.31. The number of nitrogens with zero attached hydrogens (tertiary/aromatic N) is 1. The first kappa shape index (κ1) is 29.7. The number of benzene rings is 3. The first-order valence-electron chi connectivity index (χ1n) is 14.1. The van der Waals surface area contributed by atoms with Crippen LogP contribution in [-0.4, -0.2) is 48.4 Å². The van der Waals surface area contributed by atoms with Crippen molar-refractivity contribution in [3.63, 3.8) is 0 Å². The third-order valence-corrected chi connectivity index (χ3v) is 8.16. The maximum Gasteiger partial charge on any atom is 0.309 e. The van der Waals surface area contributed by atoms with Crippen LogP contribution in [0.3, 0.4) is 0 Å². The first-order valence-corrected chi connectivity index (χ1v) is 14.5. The number of likely N-dealkylation sites (tertiary alicyclic amines) is 1. The van der Waals surface area contributed by atoms with Crippen molar-refractivity contribution >= 4 is 29.2 Å². The largest absolute Gasteiger partial charge is 0.494 e. The molecule has 2 heterocycles. The molecule has 42 heavy (non-hydrogen) atoms. The van der Waals surface area contributed by atoms with Crippen molar-refractivity contribution in [2.45, 2.75) is 45.6 Å². The van der Waals surface area contributed by atoms with Gasteiger partial charge in [-0.2, -0.15) is 0 Å². The summed E-state index contributed by atoms with van der Waals surface area (Å²) in [6.07, 6.45) is 1.35. The number of fused-ring (bicyclic) bond motifs is 1. The molecule has 1 fully saturated rings. The van der Waals surface area contributed by atoms with Crippen molar-refractivity contribution < 1.29 is 33.3 Å². The number of carboxylic acid groups (broad SMARTS) is 1. The van der Waals surface area contributed by atoms with Crippen molar-refractivity contribution in [2.75, 3.05) is 31.8 Å². The van der Waals surface area contributed by atoms with Crippen molar-refractivity contribution in [2.24, 2.45) is 5.92 Å². The Hall–Kier alpha value is -3.82. The van der Waals surface area contributed by atoms with Crippen LogP contribution in [0.25, 0.3) is 0 Å². The van der Waals surface area contributed by atoms with Crippen LogP contribution in [0, 0.1) is 11.7 Å². The van der Waals surface area contributed by atoms with Gasteiger partial charge in [-0.1, -0.05) is 37.6 Å². The van der Waals surface area contributed by atoms with Gasteiger partial charge in [0.15, 0.2) is 11.5 Å². The van der Waals surface area contributed by atoms with Crippen LogP contribution >= 0.6 is 11.6 Å². The third-order valence-electron chi connectivity index (χ3n) is 7.95. The van der Waals surface area contributed by atoms with Crippen LogP contribution < -0.4 is 19.5 Å². The predicted octanol–water partition coefficient (Wildman–Crippen LogP) is 6.21. The summed E-state index contributed by atoms with van der Waals surface area (Å²) in [5.41, 5.74) is 3.46. The number of carbonyl (C=O) groups is 2. The Morgan fingerprint density at radius 3 is 2.29 bits per heavy atom. The van der Waals surface area contributed by atoms with E-state index in [4.69, 9.17) is 25.8 Å². The number of hydrogen-bond donors (Lipinski definition) is 2. The van der Waals surface area contributed by atoms with E-state index in [-0.39, 0.29) is 37.1 Å². The Labute approximate surface area is 249 Å². The minimum Gasteiger partial charge on any atom is -0.494 e. The quantitative estimate of drug-likeness (QED) is 0.287. The second kappa shape index (κ2) is 12.6.